The summed E-state index contributed by atoms with van der Waals surface area (Å²) in [5.74, 6) is -0.305. The molecule has 0 saturated carbocycles. The van der Waals surface area contributed by atoms with Gasteiger partial charge in [0.05, 0.1) is 17.3 Å². The van der Waals surface area contributed by atoms with Crippen LogP contribution in [0.3, 0.4) is 0 Å². The van der Waals surface area contributed by atoms with E-state index in [-0.39, 0.29) is 18.4 Å². The van der Waals surface area contributed by atoms with Crippen LogP contribution in [-0.2, 0) is 9.59 Å². The van der Waals surface area contributed by atoms with Crippen molar-refractivity contribution in [1.29, 1.82) is 0 Å². The Labute approximate surface area is 160 Å². The number of nitrogens with one attached hydrogen (secondary N) is 3. The molecule has 25 heavy (non-hydrogen) atoms. The van der Waals surface area contributed by atoms with Gasteiger partial charge in [0.1, 0.15) is 0 Å². The zero-order valence-corrected chi connectivity index (χ0v) is 16.1. The molecule has 2 aromatic carbocycles. The van der Waals surface area contributed by atoms with Gasteiger partial charge in [0.2, 0.25) is 11.8 Å². The lowest BCUT2D eigenvalue weighted by atomic mass is 10.2. The Bertz CT molecular complexity index is 750. The molecule has 0 bridgehead atoms. The first kappa shape index (κ1) is 19.3. The number of carbonyl (C=O) groups excluding carboxylic acids is 2. The molecule has 0 unspecified atom stereocenters. The highest BCUT2D eigenvalue weighted by atomic mass is 79.9. The van der Waals surface area contributed by atoms with Crippen LogP contribution in [-0.4, -0.2) is 18.4 Å². The Kier molecular flexibility index (Phi) is 7.28. The predicted molar refractivity (Wildman–Crippen MR) is 106 cm³/mol. The first-order valence-corrected chi connectivity index (χ1v) is 9.03. The monoisotopic (exact) mass is 423 g/mol. The van der Waals surface area contributed by atoms with Gasteiger partial charge >= 0.3 is 0 Å². The van der Waals surface area contributed by atoms with E-state index < -0.39 is 0 Å². The molecule has 0 fully saturated rings. The van der Waals surface area contributed by atoms with Crippen LogP contribution in [0.25, 0.3) is 0 Å². The zero-order chi connectivity index (χ0) is 18.2. The summed E-state index contributed by atoms with van der Waals surface area (Å²) in [7, 11) is 0. The Morgan fingerprint density at radius 2 is 1.68 bits per heavy atom. The topological polar surface area (TPSA) is 70.2 Å². The van der Waals surface area contributed by atoms with Crippen molar-refractivity contribution in [3.8, 4) is 0 Å². The van der Waals surface area contributed by atoms with E-state index in [1.54, 1.807) is 18.2 Å². The van der Waals surface area contributed by atoms with Gasteiger partial charge in [-0.15, -0.1) is 0 Å². The first-order valence-electron chi connectivity index (χ1n) is 7.86. The van der Waals surface area contributed by atoms with Crippen LogP contribution >= 0.6 is 27.5 Å². The van der Waals surface area contributed by atoms with E-state index in [4.69, 9.17) is 11.6 Å². The molecule has 5 nitrogen and oxygen atoms in total. The molecule has 0 aliphatic carbocycles. The van der Waals surface area contributed by atoms with Crippen molar-refractivity contribution < 1.29 is 9.59 Å². The summed E-state index contributed by atoms with van der Waals surface area (Å²) in [5, 5.41) is 8.96. The summed E-state index contributed by atoms with van der Waals surface area (Å²) in [6.45, 7) is 2.04. The summed E-state index contributed by atoms with van der Waals surface area (Å²) in [6.07, 6.45) is 1.21. The lowest BCUT2D eigenvalue weighted by molar-refractivity contribution is -0.116. The van der Waals surface area contributed by atoms with E-state index in [1.165, 1.54) is 0 Å². The summed E-state index contributed by atoms with van der Waals surface area (Å²) in [5.41, 5.74) is 1.89. The molecule has 132 valence electrons. The third-order valence-electron chi connectivity index (χ3n) is 3.30. The van der Waals surface area contributed by atoms with E-state index >= 15 is 0 Å². The quantitative estimate of drug-likeness (QED) is 0.592. The van der Waals surface area contributed by atoms with Crippen molar-refractivity contribution in [2.24, 2.45) is 0 Å². The molecule has 0 spiro atoms. The SMILES string of the molecule is CCCC(=O)Nc1ccc(Cl)c(NC(=O)CNc2ccc(Br)cc2)c1. The predicted octanol–water partition coefficient (Wildman–Crippen LogP) is 4.89. The average molecular weight is 425 g/mol. The van der Waals surface area contributed by atoms with Crippen molar-refractivity contribution >= 4 is 56.4 Å². The Morgan fingerprint density at radius 3 is 2.36 bits per heavy atom. The molecule has 0 atom stereocenters. The molecule has 0 radical (unpaired) electrons. The second kappa shape index (κ2) is 9.44. The van der Waals surface area contributed by atoms with Crippen LogP contribution in [0.1, 0.15) is 19.8 Å². The molecule has 2 amide bonds. The molecule has 0 saturated heterocycles. The van der Waals surface area contributed by atoms with Gasteiger partial charge in [-0.05, 0) is 48.9 Å². The zero-order valence-electron chi connectivity index (χ0n) is 13.7. The number of anilines is 3. The maximum absolute atomic E-state index is 12.1. The molecular weight excluding hydrogens is 406 g/mol. The lowest BCUT2D eigenvalue weighted by Gasteiger charge is -2.11. The molecule has 0 aliphatic rings. The van der Waals surface area contributed by atoms with E-state index in [0.717, 1.165) is 16.6 Å². The molecular formula is C18H19BrClN3O2. The van der Waals surface area contributed by atoms with Crippen LogP contribution in [0, 0.1) is 0 Å². The van der Waals surface area contributed by atoms with Gasteiger partial charge in [-0.3, -0.25) is 9.59 Å². The van der Waals surface area contributed by atoms with Crippen molar-refractivity contribution in [3.63, 3.8) is 0 Å². The fourth-order valence-corrected chi connectivity index (χ4v) is 2.52. The van der Waals surface area contributed by atoms with Crippen molar-refractivity contribution in [2.45, 2.75) is 19.8 Å². The Hall–Kier alpha value is -2.05. The van der Waals surface area contributed by atoms with Gasteiger partial charge in [0, 0.05) is 22.3 Å². The van der Waals surface area contributed by atoms with Crippen LogP contribution in [0.5, 0.6) is 0 Å². The van der Waals surface area contributed by atoms with Crippen LogP contribution in [0.15, 0.2) is 46.9 Å². The maximum atomic E-state index is 12.1. The summed E-state index contributed by atoms with van der Waals surface area (Å²) < 4.78 is 0.969. The first-order chi connectivity index (χ1) is 12.0. The largest absolute Gasteiger partial charge is 0.376 e. The molecule has 0 heterocycles. The fraction of sp³-hybridized carbons (Fsp3) is 0.222. The van der Waals surface area contributed by atoms with E-state index in [9.17, 15) is 9.59 Å². The number of rotatable bonds is 7. The van der Waals surface area contributed by atoms with Gasteiger partial charge in [-0.2, -0.15) is 0 Å². The smallest absolute Gasteiger partial charge is 0.243 e. The highest BCUT2D eigenvalue weighted by Crippen LogP contribution is 2.25. The second-order valence-corrected chi connectivity index (χ2v) is 6.72. The number of hydrogen-bond donors (Lipinski definition) is 3. The fourth-order valence-electron chi connectivity index (χ4n) is 2.09. The van der Waals surface area contributed by atoms with Crippen LogP contribution in [0.4, 0.5) is 17.1 Å². The van der Waals surface area contributed by atoms with Gasteiger partial charge in [0.15, 0.2) is 0 Å². The van der Waals surface area contributed by atoms with E-state index in [0.29, 0.717) is 22.8 Å². The lowest BCUT2D eigenvalue weighted by Crippen LogP contribution is -2.22. The minimum atomic E-state index is -0.234. The van der Waals surface area contributed by atoms with Gasteiger partial charge in [-0.25, -0.2) is 0 Å². The Balaban J connectivity index is 1.94. The number of benzene rings is 2. The maximum Gasteiger partial charge on any atom is 0.243 e. The highest BCUT2D eigenvalue weighted by Gasteiger charge is 2.08. The Morgan fingerprint density at radius 1 is 1.00 bits per heavy atom. The van der Waals surface area contributed by atoms with E-state index in [1.807, 2.05) is 31.2 Å². The van der Waals surface area contributed by atoms with Crippen molar-refractivity contribution in [3.05, 3.63) is 52.0 Å². The standard InChI is InChI=1S/C18H19BrClN3O2/c1-2-3-17(24)22-14-8-9-15(20)16(10-14)23-18(25)11-21-13-6-4-12(19)5-7-13/h4-10,21H,2-3,11H2,1H3,(H,22,24)(H,23,25). The second-order valence-electron chi connectivity index (χ2n) is 5.40. The van der Waals surface area contributed by atoms with Crippen molar-refractivity contribution in [1.82, 2.24) is 0 Å². The van der Waals surface area contributed by atoms with Gasteiger partial charge < -0.3 is 16.0 Å². The molecule has 3 N–H and O–H groups in total. The third-order valence-corrected chi connectivity index (χ3v) is 4.16. The normalized spacial score (nSPS) is 10.2. The summed E-state index contributed by atoms with van der Waals surface area (Å²) in [4.78, 5) is 23.8. The van der Waals surface area contributed by atoms with Crippen LogP contribution in [0.2, 0.25) is 5.02 Å². The third kappa shape index (κ3) is 6.40. The van der Waals surface area contributed by atoms with Crippen LogP contribution < -0.4 is 16.0 Å². The molecule has 7 heteroatoms. The number of amides is 2. The van der Waals surface area contributed by atoms with Gasteiger partial charge in [0.25, 0.3) is 0 Å². The number of carbonyl (C=O) groups is 2. The molecule has 2 aromatic rings. The molecule has 0 aliphatic heterocycles. The summed E-state index contributed by atoms with van der Waals surface area (Å²) in [6, 6.07) is 12.5. The van der Waals surface area contributed by atoms with Crippen molar-refractivity contribution in [2.75, 3.05) is 22.5 Å². The number of halogens is 2. The highest BCUT2D eigenvalue weighted by molar-refractivity contribution is 9.10. The number of hydrogen-bond acceptors (Lipinski definition) is 3. The average Bonchev–Trinajstić information content (AvgIpc) is 2.57. The van der Waals surface area contributed by atoms with E-state index in [2.05, 4.69) is 31.9 Å². The minimum absolute atomic E-state index is 0.0704. The summed E-state index contributed by atoms with van der Waals surface area (Å²) >= 11 is 9.48. The molecule has 2 rings (SSSR count). The molecule has 0 aromatic heterocycles. The van der Waals surface area contributed by atoms with Gasteiger partial charge in [-0.1, -0.05) is 34.5 Å². The minimum Gasteiger partial charge on any atom is -0.376 e.